The van der Waals surface area contributed by atoms with Gasteiger partial charge in [0.15, 0.2) is 0 Å². The van der Waals surface area contributed by atoms with Gasteiger partial charge in [-0.1, -0.05) is 19.6 Å². The third kappa shape index (κ3) is 3.98. The van der Waals surface area contributed by atoms with E-state index in [-0.39, 0.29) is 6.10 Å². The van der Waals surface area contributed by atoms with Crippen LogP contribution >= 0.6 is 0 Å². The predicted octanol–water partition coefficient (Wildman–Crippen LogP) is 4.78. The van der Waals surface area contributed by atoms with E-state index in [4.69, 9.17) is 9.72 Å². The SMILES string of the molecule is C[Si](C)(C)CCOCn1ccc2c1ncc1ccn([C@H]3CC[C@H](O)CC3)c12. The van der Waals surface area contributed by atoms with Crippen molar-refractivity contribution in [2.24, 2.45) is 0 Å². The van der Waals surface area contributed by atoms with Gasteiger partial charge in [0.1, 0.15) is 12.4 Å². The fourth-order valence-corrected chi connectivity index (χ4v) is 4.83. The monoisotopic (exact) mass is 385 g/mol. The van der Waals surface area contributed by atoms with Crippen LogP contribution in [0, 0.1) is 0 Å². The number of hydrogen-bond donors (Lipinski definition) is 1. The van der Waals surface area contributed by atoms with E-state index in [1.807, 2.05) is 6.20 Å². The molecule has 4 rings (SSSR count). The summed E-state index contributed by atoms with van der Waals surface area (Å²) in [6.45, 7) is 8.50. The summed E-state index contributed by atoms with van der Waals surface area (Å²) in [5.74, 6) is 0. The lowest BCUT2D eigenvalue weighted by molar-refractivity contribution is 0.0899. The molecule has 27 heavy (non-hydrogen) atoms. The molecule has 6 heteroatoms. The molecule has 0 saturated heterocycles. The van der Waals surface area contributed by atoms with Crippen molar-refractivity contribution in [1.82, 2.24) is 14.1 Å². The lowest BCUT2D eigenvalue weighted by Gasteiger charge is -2.27. The Labute approximate surface area is 162 Å². The van der Waals surface area contributed by atoms with Gasteiger partial charge >= 0.3 is 0 Å². The first-order chi connectivity index (χ1) is 12.9. The lowest BCUT2D eigenvalue weighted by atomic mass is 9.93. The maximum absolute atomic E-state index is 9.83. The zero-order valence-electron chi connectivity index (χ0n) is 16.7. The second kappa shape index (κ2) is 7.41. The summed E-state index contributed by atoms with van der Waals surface area (Å²) in [5.41, 5.74) is 2.26. The fraction of sp³-hybridized carbons (Fsp3) is 0.571. The minimum Gasteiger partial charge on any atom is -0.393 e. The van der Waals surface area contributed by atoms with Crippen molar-refractivity contribution in [3.05, 3.63) is 30.7 Å². The number of aliphatic hydroxyl groups excluding tert-OH is 1. The predicted molar refractivity (Wildman–Crippen MR) is 113 cm³/mol. The molecule has 5 nitrogen and oxygen atoms in total. The summed E-state index contributed by atoms with van der Waals surface area (Å²) in [5, 5.41) is 12.2. The molecule has 0 atom stereocenters. The van der Waals surface area contributed by atoms with E-state index in [1.165, 1.54) is 22.3 Å². The molecule has 0 radical (unpaired) electrons. The van der Waals surface area contributed by atoms with Gasteiger partial charge in [0, 0.05) is 50.1 Å². The first kappa shape index (κ1) is 18.7. The molecule has 0 aliphatic heterocycles. The number of rotatable bonds is 6. The molecule has 0 aromatic carbocycles. The van der Waals surface area contributed by atoms with Gasteiger partial charge in [0.2, 0.25) is 0 Å². The van der Waals surface area contributed by atoms with Crippen LogP contribution in [0.2, 0.25) is 25.7 Å². The van der Waals surface area contributed by atoms with Gasteiger partial charge in [-0.05, 0) is 43.9 Å². The van der Waals surface area contributed by atoms with Gasteiger partial charge in [-0.2, -0.15) is 0 Å². The Hall–Kier alpha value is -1.63. The van der Waals surface area contributed by atoms with Crippen LogP contribution < -0.4 is 0 Å². The van der Waals surface area contributed by atoms with Crippen LogP contribution in [-0.4, -0.2) is 40.0 Å². The van der Waals surface area contributed by atoms with Crippen molar-refractivity contribution in [2.75, 3.05) is 6.61 Å². The molecule has 3 aromatic heterocycles. The third-order valence-electron chi connectivity index (χ3n) is 5.75. The normalized spacial score (nSPS) is 21.3. The average molecular weight is 386 g/mol. The number of aliphatic hydroxyl groups is 1. The van der Waals surface area contributed by atoms with E-state index in [2.05, 4.69) is 53.3 Å². The maximum Gasteiger partial charge on any atom is 0.143 e. The highest BCUT2D eigenvalue weighted by molar-refractivity contribution is 6.76. The molecule has 0 bridgehead atoms. The highest BCUT2D eigenvalue weighted by atomic mass is 28.3. The highest BCUT2D eigenvalue weighted by Gasteiger charge is 2.22. The fourth-order valence-electron chi connectivity index (χ4n) is 4.07. The number of ether oxygens (including phenoxy) is 1. The van der Waals surface area contributed by atoms with Gasteiger partial charge in [-0.3, -0.25) is 0 Å². The van der Waals surface area contributed by atoms with Gasteiger partial charge in [0.25, 0.3) is 0 Å². The van der Waals surface area contributed by atoms with Crippen molar-refractivity contribution in [3.8, 4) is 0 Å². The Morgan fingerprint density at radius 3 is 2.67 bits per heavy atom. The standard InChI is InChI=1S/C21H31N3O2Si/c1-27(2,3)13-12-26-15-23-10-9-19-20-16(14-22-21(19)23)8-11-24(20)17-4-6-18(25)7-5-17/h8-11,14,17-18,25H,4-7,12-13,15H2,1-3H3/t17-,18-. The maximum atomic E-state index is 9.83. The molecular weight excluding hydrogens is 354 g/mol. The van der Waals surface area contributed by atoms with Crippen molar-refractivity contribution in [3.63, 3.8) is 0 Å². The summed E-state index contributed by atoms with van der Waals surface area (Å²) in [4.78, 5) is 4.71. The number of fused-ring (bicyclic) bond motifs is 3. The first-order valence-corrected chi connectivity index (χ1v) is 13.8. The Morgan fingerprint density at radius 2 is 1.93 bits per heavy atom. The molecule has 0 spiro atoms. The van der Waals surface area contributed by atoms with Crippen LogP contribution in [0.3, 0.4) is 0 Å². The van der Waals surface area contributed by atoms with Crippen molar-refractivity contribution in [2.45, 2.75) is 70.2 Å². The summed E-state index contributed by atoms with van der Waals surface area (Å²) >= 11 is 0. The minimum atomic E-state index is -1.06. The van der Waals surface area contributed by atoms with E-state index in [9.17, 15) is 5.11 Å². The number of hydrogen-bond acceptors (Lipinski definition) is 3. The topological polar surface area (TPSA) is 52.2 Å². The molecule has 0 unspecified atom stereocenters. The summed E-state index contributed by atoms with van der Waals surface area (Å²) in [6.07, 6.45) is 9.99. The molecule has 1 N–H and O–H groups in total. The highest BCUT2D eigenvalue weighted by Crippen LogP contribution is 2.34. The quantitative estimate of drug-likeness (QED) is 0.491. The van der Waals surface area contributed by atoms with Crippen molar-refractivity contribution >= 4 is 30.0 Å². The minimum absolute atomic E-state index is 0.126. The van der Waals surface area contributed by atoms with Crippen molar-refractivity contribution < 1.29 is 9.84 Å². The Balaban J connectivity index is 1.58. The van der Waals surface area contributed by atoms with E-state index >= 15 is 0 Å². The van der Waals surface area contributed by atoms with E-state index in [0.717, 1.165) is 37.9 Å². The van der Waals surface area contributed by atoms with Gasteiger partial charge in [0.05, 0.1) is 11.6 Å². The molecule has 3 heterocycles. The van der Waals surface area contributed by atoms with E-state index in [0.29, 0.717) is 12.8 Å². The molecule has 1 aliphatic rings. The number of nitrogens with zero attached hydrogens (tertiary/aromatic N) is 3. The largest absolute Gasteiger partial charge is 0.393 e. The van der Waals surface area contributed by atoms with Gasteiger partial charge < -0.3 is 19.0 Å². The second-order valence-electron chi connectivity index (χ2n) is 9.12. The Morgan fingerprint density at radius 1 is 1.15 bits per heavy atom. The summed E-state index contributed by atoms with van der Waals surface area (Å²) < 4.78 is 10.5. The van der Waals surface area contributed by atoms with E-state index in [1.54, 1.807) is 0 Å². The third-order valence-corrected chi connectivity index (χ3v) is 7.45. The summed E-state index contributed by atoms with van der Waals surface area (Å²) in [6, 6.07) is 5.98. The second-order valence-corrected chi connectivity index (χ2v) is 14.7. The summed E-state index contributed by atoms with van der Waals surface area (Å²) in [7, 11) is -1.06. The molecule has 3 aromatic rings. The molecule has 0 amide bonds. The molecule has 146 valence electrons. The Kier molecular flexibility index (Phi) is 5.14. The molecular formula is C21H31N3O2Si. The zero-order valence-corrected chi connectivity index (χ0v) is 17.7. The molecule has 1 aliphatic carbocycles. The van der Waals surface area contributed by atoms with Gasteiger partial charge in [-0.15, -0.1) is 0 Å². The average Bonchev–Trinajstić information content (AvgIpc) is 3.22. The first-order valence-electron chi connectivity index (χ1n) is 10.1. The van der Waals surface area contributed by atoms with Crippen molar-refractivity contribution in [1.29, 1.82) is 0 Å². The Bertz CT molecular complexity index is 917. The number of pyridine rings is 1. The molecule has 1 saturated carbocycles. The van der Waals surface area contributed by atoms with Crippen LogP contribution in [-0.2, 0) is 11.5 Å². The van der Waals surface area contributed by atoms with Crippen LogP contribution in [0.25, 0.3) is 21.9 Å². The van der Waals surface area contributed by atoms with E-state index < -0.39 is 8.07 Å². The van der Waals surface area contributed by atoms with Crippen LogP contribution in [0.5, 0.6) is 0 Å². The van der Waals surface area contributed by atoms with Crippen LogP contribution in [0.4, 0.5) is 0 Å². The van der Waals surface area contributed by atoms with Crippen LogP contribution in [0.15, 0.2) is 30.7 Å². The number of aromatic nitrogens is 3. The smallest absolute Gasteiger partial charge is 0.143 e. The van der Waals surface area contributed by atoms with Crippen LogP contribution in [0.1, 0.15) is 31.7 Å². The zero-order chi connectivity index (χ0) is 19.0. The molecule has 1 fully saturated rings. The lowest BCUT2D eigenvalue weighted by Crippen LogP contribution is -2.22. The van der Waals surface area contributed by atoms with Gasteiger partial charge in [-0.25, -0.2) is 4.98 Å².